The lowest BCUT2D eigenvalue weighted by molar-refractivity contribution is -0.138. The number of halogens is 2. The van der Waals surface area contributed by atoms with Gasteiger partial charge < -0.3 is 10.1 Å². The molecule has 4 rings (SSSR count). The van der Waals surface area contributed by atoms with Gasteiger partial charge in [-0.25, -0.2) is 18.6 Å². The van der Waals surface area contributed by atoms with Crippen molar-refractivity contribution in [3.63, 3.8) is 0 Å². The Morgan fingerprint density at radius 3 is 2.71 bits per heavy atom. The molecular weight excluding hydrogens is 364 g/mol. The summed E-state index contributed by atoms with van der Waals surface area (Å²) in [4.78, 5) is 17.3. The van der Waals surface area contributed by atoms with E-state index in [0.717, 1.165) is 11.6 Å². The number of aromatic nitrogens is 2. The summed E-state index contributed by atoms with van der Waals surface area (Å²) in [6, 6.07) is 9.77. The lowest BCUT2D eigenvalue weighted by Crippen LogP contribution is -2.29. The molecular formula is C21H17F2N3O2. The number of hydrogen-bond acceptors (Lipinski definition) is 4. The summed E-state index contributed by atoms with van der Waals surface area (Å²) in [6.07, 6.45) is 1.46. The summed E-state index contributed by atoms with van der Waals surface area (Å²) >= 11 is 0. The van der Waals surface area contributed by atoms with Crippen molar-refractivity contribution < 1.29 is 18.3 Å². The number of imidazole rings is 1. The number of carbonyl (C=O) groups is 1. The van der Waals surface area contributed by atoms with Gasteiger partial charge in [0.05, 0.1) is 22.6 Å². The van der Waals surface area contributed by atoms with Crippen LogP contribution in [0.3, 0.4) is 0 Å². The highest BCUT2D eigenvalue weighted by Crippen LogP contribution is 2.39. The number of para-hydroxylation sites is 2. The Morgan fingerprint density at radius 1 is 1.29 bits per heavy atom. The SMILES string of the molecule is C=CCOC(=O)C1=C(C)Nc2nc3ccccc3n2[C@@H]1c1cc(F)cc(F)c1. The number of ether oxygens (including phenoxy) is 1. The van der Waals surface area contributed by atoms with Gasteiger partial charge in [-0.05, 0) is 36.8 Å². The van der Waals surface area contributed by atoms with Crippen LogP contribution in [0.2, 0.25) is 0 Å². The van der Waals surface area contributed by atoms with Gasteiger partial charge in [-0.3, -0.25) is 4.57 Å². The van der Waals surface area contributed by atoms with E-state index in [0.29, 0.717) is 17.2 Å². The van der Waals surface area contributed by atoms with Gasteiger partial charge in [0, 0.05) is 11.8 Å². The third-order valence-electron chi connectivity index (χ3n) is 4.58. The number of nitrogens with one attached hydrogen (secondary N) is 1. The van der Waals surface area contributed by atoms with E-state index in [9.17, 15) is 13.6 Å². The van der Waals surface area contributed by atoms with Crippen molar-refractivity contribution >= 4 is 23.0 Å². The molecule has 0 bridgehead atoms. The normalized spacial score (nSPS) is 15.9. The maximum absolute atomic E-state index is 14.0. The van der Waals surface area contributed by atoms with Crippen molar-refractivity contribution in [2.45, 2.75) is 13.0 Å². The standard InChI is InChI=1S/C21H17F2N3O2/c1-3-8-28-20(27)18-12(2)24-21-25-16-6-4-5-7-17(16)26(21)19(18)13-9-14(22)11-15(23)10-13/h3-7,9-11,19H,1,8H2,2H3,(H,24,25)/t19-/m1/s1. The van der Waals surface area contributed by atoms with Gasteiger partial charge in [-0.2, -0.15) is 0 Å². The number of benzene rings is 2. The summed E-state index contributed by atoms with van der Waals surface area (Å²) in [5.41, 5.74) is 2.46. The van der Waals surface area contributed by atoms with Gasteiger partial charge in [0.15, 0.2) is 0 Å². The van der Waals surface area contributed by atoms with Gasteiger partial charge >= 0.3 is 5.97 Å². The van der Waals surface area contributed by atoms with Crippen LogP contribution in [0, 0.1) is 11.6 Å². The minimum absolute atomic E-state index is 0.0252. The maximum Gasteiger partial charge on any atom is 0.338 e. The number of fused-ring (bicyclic) bond motifs is 3. The fourth-order valence-electron chi connectivity index (χ4n) is 3.49. The van der Waals surface area contributed by atoms with Crippen LogP contribution in [-0.2, 0) is 9.53 Å². The van der Waals surface area contributed by atoms with Crippen molar-refractivity contribution in [1.29, 1.82) is 0 Å². The number of esters is 1. The number of nitrogens with zero attached hydrogens (tertiary/aromatic N) is 2. The van der Waals surface area contributed by atoms with Gasteiger partial charge in [-0.15, -0.1) is 0 Å². The van der Waals surface area contributed by atoms with Gasteiger partial charge in [0.2, 0.25) is 5.95 Å². The maximum atomic E-state index is 14.0. The Bertz CT molecular complexity index is 1110. The van der Waals surface area contributed by atoms with Crippen LogP contribution >= 0.6 is 0 Å². The summed E-state index contributed by atoms with van der Waals surface area (Å²) in [5.74, 6) is -1.57. The number of allylic oxidation sites excluding steroid dienone is 1. The second kappa shape index (κ2) is 6.92. The van der Waals surface area contributed by atoms with Crippen molar-refractivity contribution in [1.82, 2.24) is 9.55 Å². The Morgan fingerprint density at radius 2 is 2.00 bits per heavy atom. The van der Waals surface area contributed by atoms with E-state index >= 15 is 0 Å². The van der Waals surface area contributed by atoms with Gasteiger partial charge in [0.25, 0.3) is 0 Å². The van der Waals surface area contributed by atoms with Crippen molar-refractivity contribution in [3.05, 3.63) is 83.6 Å². The van der Waals surface area contributed by atoms with Crippen molar-refractivity contribution in [2.24, 2.45) is 0 Å². The van der Waals surface area contributed by atoms with Crippen LogP contribution in [0.4, 0.5) is 14.7 Å². The Labute approximate surface area is 159 Å². The van der Waals surface area contributed by atoms with Crippen molar-refractivity contribution in [2.75, 3.05) is 11.9 Å². The van der Waals surface area contributed by atoms with E-state index in [1.807, 2.05) is 24.3 Å². The Kier molecular flexibility index (Phi) is 4.43. The highest BCUT2D eigenvalue weighted by Gasteiger charge is 2.35. The first-order chi connectivity index (χ1) is 13.5. The van der Waals surface area contributed by atoms with E-state index in [2.05, 4.69) is 16.9 Å². The molecule has 7 heteroatoms. The second-order valence-corrected chi connectivity index (χ2v) is 6.45. The zero-order valence-corrected chi connectivity index (χ0v) is 15.1. The monoisotopic (exact) mass is 381 g/mol. The van der Waals surface area contributed by atoms with Crippen LogP contribution in [0.1, 0.15) is 18.5 Å². The first kappa shape index (κ1) is 17.9. The molecule has 1 atom stereocenters. The van der Waals surface area contributed by atoms with Crippen LogP contribution in [-0.4, -0.2) is 22.1 Å². The molecule has 0 amide bonds. The predicted octanol–water partition coefficient (Wildman–Crippen LogP) is 4.33. The quantitative estimate of drug-likeness (QED) is 0.540. The molecule has 1 aliphatic rings. The second-order valence-electron chi connectivity index (χ2n) is 6.45. The van der Waals surface area contributed by atoms with Gasteiger partial charge in [-0.1, -0.05) is 24.8 Å². The predicted molar refractivity (Wildman–Crippen MR) is 102 cm³/mol. The van der Waals surface area contributed by atoms with Crippen LogP contribution in [0.15, 0.2) is 66.4 Å². The molecule has 0 radical (unpaired) electrons. The summed E-state index contributed by atoms with van der Waals surface area (Å²) < 4.78 is 35.0. The molecule has 2 aromatic carbocycles. The summed E-state index contributed by atoms with van der Waals surface area (Å²) in [7, 11) is 0. The number of anilines is 1. The highest BCUT2D eigenvalue weighted by molar-refractivity contribution is 5.94. The summed E-state index contributed by atoms with van der Waals surface area (Å²) in [6.45, 7) is 5.27. The zero-order valence-electron chi connectivity index (χ0n) is 15.1. The summed E-state index contributed by atoms with van der Waals surface area (Å²) in [5, 5.41) is 3.10. The van der Waals surface area contributed by atoms with E-state index in [-0.39, 0.29) is 17.7 Å². The molecule has 0 saturated heterocycles. The van der Waals surface area contributed by atoms with Crippen LogP contribution < -0.4 is 5.32 Å². The molecule has 0 aliphatic carbocycles. The average molecular weight is 381 g/mol. The fourth-order valence-corrected chi connectivity index (χ4v) is 3.49. The Balaban J connectivity index is 1.97. The molecule has 1 aromatic heterocycles. The Hall–Kier alpha value is -3.48. The number of carbonyl (C=O) groups excluding carboxylic acids is 1. The molecule has 28 heavy (non-hydrogen) atoms. The first-order valence-corrected chi connectivity index (χ1v) is 8.68. The molecule has 1 N–H and O–H groups in total. The molecule has 0 unspecified atom stereocenters. The molecule has 0 saturated carbocycles. The lowest BCUT2D eigenvalue weighted by Gasteiger charge is -2.30. The van der Waals surface area contributed by atoms with E-state index in [4.69, 9.17) is 4.74 Å². The molecule has 3 aromatic rings. The van der Waals surface area contributed by atoms with Crippen LogP contribution in [0.25, 0.3) is 11.0 Å². The van der Waals surface area contributed by atoms with E-state index in [1.54, 1.807) is 11.5 Å². The van der Waals surface area contributed by atoms with Crippen molar-refractivity contribution in [3.8, 4) is 0 Å². The topological polar surface area (TPSA) is 56.1 Å². The van der Waals surface area contributed by atoms with E-state index < -0.39 is 23.6 Å². The lowest BCUT2D eigenvalue weighted by atomic mass is 9.95. The largest absolute Gasteiger partial charge is 0.458 e. The zero-order chi connectivity index (χ0) is 19.8. The number of hydrogen-bond donors (Lipinski definition) is 1. The minimum Gasteiger partial charge on any atom is -0.458 e. The smallest absolute Gasteiger partial charge is 0.338 e. The highest BCUT2D eigenvalue weighted by atomic mass is 19.1. The van der Waals surface area contributed by atoms with Gasteiger partial charge in [0.1, 0.15) is 18.2 Å². The third kappa shape index (κ3) is 2.94. The minimum atomic E-state index is -0.800. The third-order valence-corrected chi connectivity index (χ3v) is 4.58. The van der Waals surface area contributed by atoms with E-state index in [1.165, 1.54) is 18.2 Å². The number of rotatable bonds is 4. The molecule has 142 valence electrons. The average Bonchev–Trinajstić information content (AvgIpc) is 3.01. The first-order valence-electron chi connectivity index (χ1n) is 8.68. The molecule has 0 spiro atoms. The molecule has 2 heterocycles. The fraction of sp³-hybridized carbons (Fsp3) is 0.143. The molecule has 0 fully saturated rings. The molecule has 5 nitrogen and oxygen atoms in total. The van der Waals surface area contributed by atoms with Crippen LogP contribution in [0.5, 0.6) is 0 Å². The molecule has 1 aliphatic heterocycles.